The second-order valence-electron chi connectivity index (χ2n) is 7.18. The molecule has 1 amide bonds. The van der Waals surface area contributed by atoms with Crippen molar-refractivity contribution < 1.29 is 22.7 Å². The number of nitrogens with one attached hydrogen (secondary N) is 1. The van der Waals surface area contributed by atoms with Crippen molar-refractivity contribution in [2.24, 2.45) is 10.9 Å². The number of ether oxygens (including phenoxy) is 1. The van der Waals surface area contributed by atoms with Crippen LogP contribution >= 0.6 is 0 Å². The number of carbonyl (C=O) groups is 1. The summed E-state index contributed by atoms with van der Waals surface area (Å²) in [5.41, 5.74) is 1.35. The van der Waals surface area contributed by atoms with Crippen molar-refractivity contribution in [3.63, 3.8) is 0 Å². The number of hydrogen-bond donors (Lipinski definition) is 1. The summed E-state index contributed by atoms with van der Waals surface area (Å²) in [5, 5.41) is 12.6. The van der Waals surface area contributed by atoms with Crippen LogP contribution < -0.4 is 15.0 Å². The maximum atomic E-state index is 13.0. The Bertz CT molecular complexity index is 1040. The van der Waals surface area contributed by atoms with E-state index in [1.165, 1.54) is 18.0 Å². The number of hydrogen-bond acceptors (Lipinski definition) is 4. The smallest absolute Gasteiger partial charge is 0.404 e. The third-order valence-corrected chi connectivity index (χ3v) is 4.92. The lowest BCUT2D eigenvalue weighted by atomic mass is 10.0. The summed E-state index contributed by atoms with van der Waals surface area (Å²) in [4.78, 5) is 17.5. The highest BCUT2D eigenvalue weighted by Gasteiger charge is 2.33. The molecule has 0 aliphatic heterocycles. The number of anilines is 2. The average molecular weight is 430 g/mol. The monoisotopic (exact) mass is 430 g/mol. The van der Waals surface area contributed by atoms with Crippen LogP contribution in [0, 0.1) is 24.2 Å². The summed E-state index contributed by atoms with van der Waals surface area (Å²) in [6.07, 6.45) is -2.31. The maximum absolute atomic E-state index is 13.0. The lowest BCUT2D eigenvalue weighted by Crippen LogP contribution is -2.29. The molecule has 0 aromatic heterocycles. The van der Waals surface area contributed by atoms with Gasteiger partial charge in [-0.1, -0.05) is 18.2 Å². The zero-order valence-electron chi connectivity index (χ0n) is 17.0. The molecule has 1 N–H and O–H groups in total. The van der Waals surface area contributed by atoms with Crippen molar-refractivity contribution in [1.29, 1.82) is 5.26 Å². The first-order valence-corrected chi connectivity index (χ1v) is 9.62. The van der Waals surface area contributed by atoms with E-state index in [0.29, 0.717) is 36.0 Å². The Morgan fingerprint density at radius 2 is 2.03 bits per heavy atom. The molecule has 2 aromatic carbocycles. The van der Waals surface area contributed by atoms with E-state index in [4.69, 9.17) is 0 Å². The minimum atomic E-state index is -5.00. The van der Waals surface area contributed by atoms with Crippen LogP contribution in [-0.2, 0) is 4.79 Å². The van der Waals surface area contributed by atoms with Gasteiger partial charge in [0, 0.05) is 25.2 Å². The Balaban J connectivity index is 2.18. The van der Waals surface area contributed by atoms with Gasteiger partial charge in [-0.25, -0.2) is 0 Å². The lowest BCUT2D eigenvalue weighted by Gasteiger charge is -2.25. The van der Waals surface area contributed by atoms with Gasteiger partial charge in [-0.2, -0.15) is 5.26 Å². The van der Waals surface area contributed by atoms with E-state index in [2.05, 4.69) is 15.0 Å². The molecule has 1 aliphatic rings. The van der Waals surface area contributed by atoms with Crippen molar-refractivity contribution in [3.05, 3.63) is 53.1 Å². The SMILES string of the molecule is CN=C(NCC1CC1)c1cc(C#N)c(OC(F)(F)F)cc1N(C=O)c1ccccc1C. The van der Waals surface area contributed by atoms with E-state index in [0.717, 1.165) is 24.5 Å². The number of halogens is 3. The molecule has 0 atom stereocenters. The Hall–Kier alpha value is -3.54. The van der Waals surface area contributed by atoms with Gasteiger partial charge in [0.25, 0.3) is 0 Å². The van der Waals surface area contributed by atoms with Crippen LogP contribution in [0.1, 0.15) is 29.5 Å². The average Bonchev–Trinajstić information content (AvgIpc) is 3.54. The van der Waals surface area contributed by atoms with Crippen LogP contribution in [0.5, 0.6) is 5.75 Å². The number of rotatable bonds is 7. The van der Waals surface area contributed by atoms with Gasteiger partial charge in [-0.05, 0) is 43.4 Å². The molecule has 0 spiro atoms. The van der Waals surface area contributed by atoms with Crippen LogP contribution in [0.3, 0.4) is 0 Å². The molecule has 1 saturated carbocycles. The van der Waals surface area contributed by atoms with Gasteiger partial charge in [0.1, 0.15) is 17.7 Å². The second kappa shape index (κ2) is 9.08. The molecule has 9 heteroatoms. The fraction of sp³-hybridized carbons (Fsp3) is 0.318. The van der Waals surface area contributed by atoms with Gasteiger partial charge in [-0.15, -0.1) is 13.2 Å². The van der Waals surface area contributed by atoms with Crippen LogP contribution in [0.4, 0.5) is 24.5 Å². The predicted octanol–water partition coefficient (Wildman–Crippen LogP) is 4.44. The third-order valence-electron chi connectivity index (χ3n) is 4.92. The topological polar surface area (TPSA) is 77.7 Å². The van der Waals surface area contributed by atoms with E-state index in [9.17, 15) is 23.2 Å². The number of nitrogens with zero attached hydrogens (tertiary/aromatic N) is 3. The zero-order chi connectivity index (χ0) is 22.6. The first-order chi connectivity index (χ1) is 14.8. The highest BCUT2D eigenvalue weighted by Crippen LogP contribution is 2.37. The van der Waals surface area contributed by atoms with Crippen LogP contribution in [0.25, 0.3) is 0 Å². The molecular weight excluding hydrogens is 409 g/mol. The fourth-order valence-corrected chi connectivity index (χ4v) is 3.19. The second-order valence-corrected chi connectivity index (χ2v) is 7.18. The Morgan fingerprint density at radius 3 is 2.58 bits per heavy atom. The van der Waals surface area contributed by atoms with Gasteiger partial charge >= 0.3 is 6.36 Å². The van der Waals surface area contributed by atoms with Gasteiger partial charge in [0.15, 0.2) is 0 Å². The highest BCUT2D eigenvalue weighted by molar-refractivity contribution is 6.07. The molecule has 0 radical (unpaired) electrons. The maximum Gasteiger partial charge on any atom is 0.573 e. The molecule has 0 unspecified atom stereocenters. The van der Waals surface area contributed by atoms with Crippen molar-refractivity contribution in [2.75, 3.05) is 18.5 Å². The van der Waals surface area contributed by atoms with Crippen LogP contribution in [0.2, 0.25) is 0 Å². The summed E-state index contributed by atoms with van der Waals surface area (Å²) >= 11 is 0. The van der Waals surface area contributed by atoms with E-state index in [1.54, 1.807) is 37.3 Å². The normalized spacial score (nSPS) is 14.0. The Labute approximate surface area is 178 Å². The van der Waals surface area contributed by atoms with E-state index in [-0.39, 0.29) is 11.3 Å². The standard InChI is InChI=1S/C22H21F3N4O2/c1-14-5-3-4-6-18(14)29(13-30)19-10-20(31-22(23,24)25)16(11-26)9-17(19)21(27-2)28-12-15-7-8-15/h3-6,9-10,13,15H,7-8,12H2,1-2H3,(H,27,28). The molecule has 6 nitrogen and oxygen atoms in total. The molecule has 0 saturated heterocycles. The van der Waals surface area contributed by atoms with Crippen LogP contribution in [0.15, 0.2) is 41.4 Å². The largest absolute Gasteiger partial charge is 0.573 e. The number of nitriles is 1. The van der Waals surface area contributed by atoms with Crippen molar-refractivity contribution >= 4 is 23.6 Å². The van der Waals surface area contributed by atoms with E-state index >= 15 is 0 Å². The first kappa shape index (κ1) is 22.2. The lowest BCUT2D eigenvalue weighted by molar-refractivity contribution is -0.274. The molecular formula is C22H21F3N4O2. The summed E-state index contributed by atoms with van der Waals surface area (Å²) in [7, 11) is 1.53. The van der Waals surface area contributed by atoms with Crippen molar-refractivity contribution in [1.82, 2.24) is 5.32 Å². The van der Waals surface area contributed by atoms with Gasteiger partial charge < -0.3 is 10.1 Å². The molecule has 0 heterocycles. The molecule has 2 aromatic rings. The molecule has 1 fully saturated rings. The highest BCUT2D eigenvalue weighted by atomic mass is 19.4. The van der Waals surface area contributed by atoms with Crippen molar-refractivity contribution in [2.45, 2.75) is 26.1 Å². The Kier molecular flexibility index (Phi) is 6.49. The Morgan fingerprint density at radius 1 is 1.32 bits per heavy atom. The number of carbonyl (C=O) groups excluding carboxylic acids is 1. The van der Waals surface area contributed by atoms with Gasteiger partial charge in [0.05, 0.1) is 16.9 Å². The van der Waals surface area contributed by atoms with Gasteiger partial charge in [-0.3, -0.25) is 14.7 Å². The summed E-state index contributed by atoms with van der Waals surface area (Å²) in [6.45, 7) is 2.42. The number of para-hydroxylation sites is 1. The first-order valence-electron chi connectivity index (χ1n) is 9.62. The number of benzene rings is 2. The van der Waals surface area contributed by atoms with Gasteiger partial charge in [0.2, 0.25) is 6.41 Å². The van der Waals surface area contributed by atoms with Crippen LogP contribution in [-0.4, -0.2) is 32.2 Å². The molecule has 3 rings (SSSR count). The molecule has 1 aliphatic carbocycles. The minimum absolute atomic E-state index is 0.117. The number of amidine groups is 1. The molecule has 0 bridgehead atoms. The number of amides is 1. The number of alkyl halides is 3. The quantitative estimate of drug-likeness (QED) is 0.400. The number of aliphatic imine (C=N–C) groups is 1. The van der Waals surface area contributed by atoms with E-state index in [1.807, 2.05) is 0 Å². The molecule has 162 valence electrons. The summed E-state index contributed by atoms with van der Waals surface area (Å²) < 4.78 is 42.9. The number of aryl methyl sites for hydroxylation is 1. The summed E-state index contributed by atoms with van der Waals surface area (Å²) in [5.74, 6) is 0.186. The molecule has 31 heavy (non-hydrogen) atoms. The van der Waals surface area contributed by atoms with Crippen molar-refractivity contribution in [3.8, 4) is 11.8 Å². The fourth-order valence-electron chi connectivity index (χ4n) is 3.19. The predicted molar refractivity (Wildman–Crippen MR) is 110 cm³/mol. The van der Waals surface area contributed by atoms with E-state index < -0.39 is 12.1 Å². The zero-order valence-corrected chi connectivity index (χ0v) is 17.0. The third kappa shape index (κ3) is 5.34. The summed E-state index contributed by atoms with van der Waals surface area (Å²) in [6, 6.07) is 11.0. The minimum Gasteiger partial charge on any atom is -0.404 e.